The lowest BCUT2D eigenvalue weighted by atomic mass is 10.00. The maximum atomic E-state index is 13.4. The SMILES string of the molecule is COc1ccc(C2=NC3(CCCCCC3)N(CC(=O)Nc3ccc(Cl)cc3)C2=O)cc1. The molecule has 0 atom stereocenters. The molecule has 2 aromatic rings. The van der Waals surface area contributed by atoms with Crippen LogP contribution in [0.2, 0.25) is 5.02 Å². The molecule has 2 aliphatic rings. The number of benzene rings is 2. The summed E-state index contributed by atoms with van der Waals surface area (Å²) in [7, 11) is 1.61. The molecule has 1 spiro atoms. The first-order valence-electron chi connectivity index (χ1n) is 10.6. The van der Waals surface area contributed by atoms with E-state index in [-0.39, 0.29) is 18.4 Å². The second-order valence-electron chi connectivity index (χ2n) is 8.03. The van der Waals surface area contributed by atoms with E-state index in [2.05, 4.69) is 5.32 Å². The zero-order chi connectivity index (χ0) is 21.8. The fourth-order valence-electron chi connectivity index (χ4n) is 4.34. The van der Waals surface area contributed by atoms with Gasteiger partial charge in [0.1, 0.15) is 23.7 Å². The molecular weight excluding hydrogens is 414 g/mol. The van der Waals surface area contributed by atoms with Crippen LogP contribution < -0.4 is 10.1 Å². The maximum Gasteiger partial charge on any atom is 0.275 e. The maximum absolute atomic E-state index is 13.4. The first-order valence-corrected chi connectivity index (χ1v) is 11.0. The Hall–Kier alpha value is -2.86. The van der Waals surface area contributed by atoms with E-state index in [1.807, 2.05) is 24.3 Å². The van der Waals surface area contributed by atoms with Gasteiger partial charge < -0.3 is 15.0 Å². The lowest BCUT2D eigenvalue weighted by molar-refractivity contribution is -0.133. The number of carbonyl (C=O) groups excluding carboxylic acids is 2. The number of hydrogen-bond donors (Lipinski definition) is 1. The standard InChI is InChI=1S/C24H26ClN3O3/c1-31-20-12-6-17(7-13-20)22-23(30)28(24(27-22)14-4-2-3-5-15-24)16-21(29)26-19-10-8-18(25)9-11-19/h6-13H,2-5,14-16H2,1H3,(H,26,29). The quantitative estimate of drug-likeness (QED) is 0.735. The lowest BCUT2D eigenvalue weighted by Gasteiger charge is -2.35. The Balaban J connectivity index is 1.59. The molecule has 2 aromatic carbocycles. The Kier molecular flexibility index (Phi) is 6.28. The first-order chi connectivity index (χ1) is 15.0. The molecule has 7 heteroatoms. The number of anilines is 1. The van der Waals surface area contributed by atoms with Crippen LogP contribution in [0.25, 0.3) is 0 Å². The van der Waals surface area contributed by atoms with Crippen molar-refractivity contribution in [3.63, 3.8) is 0 Å². The number of methoxy groups -OCH3 is 1. The minimum absolute atomic E-state index is 0.0371. The van der Waals surface area contributed by atoms with Gasteiger partial charge in [-0.15, -0.1) is 0 Å². The fourth-order valence-corrected chi connectivity index (χ4v) is 4.47. The van der Waals surface area contributed by atoms with E-state index in [1.165, 1.54) is 0 Å². The van der Waals surface area contributed by atoms with Gasteiger partial charge in [0.2, 0.25) is 5.91 Å². The molecule has 1 aliphatic carbocycles. The summed E-state index contributed by atoms with van der Waals surface area (Å²) in [5.74, 6) is 0.280. The summed E-state index contributed by atoms with van der Waals surface area (Å²) in [6, 6.07) is 14.3. The van der Waals surface area contributed by atoms with Crippen LogP contribution in [0.15, 0.2) is 53.5 Å². The van der Waals surface area contributed by atoms with Gasteiger partial charge in [-0.05, 0) is 74.2 Å². The van der Waals surface area contributed by atoms with Crippen LogP contribution in [0.3, 0.4) is 0 Å². The zero-order valence-electron chi connectivity index (χ0n) is 17.6. The van der Waals surface area contributed by atoms with Crippen molar-refractivity contribution in [2.45, 2.75) is 44.2 Å². The van der Waals surface area contributed by atoms with Gasteiger partial charge in [-0.25, -0.2) is 0 Å². The minimum atomic E-state index is -0.653. The Morgan fingerprint density at radius 1 is 1.06 bits per heavy atom. The average Bonchev–Trinajstić information content (AvgIpc) is 2.92. The van der Waals surface area contributed by atoms with Gasteiger partial charge in [-0.1, -0.05) is 24.4 Å². The molecular formula is C24H26ClN3O3. The summed E-state index contributed by atoms with van der Waals surface area (Å²) in [4.78, 5) is 32.9. The summed E-state index contributed by atoms with van der Waals surface area (Å²) >= 11 is 5.92. The molecule has 4 rings (SSSR count). The number of carbonyl (C=O) groups is 2. The third-order valence-electron chi connectivity index (χ3n) is 5.97. The molecule has 6 nitrogen and oxygen atoms in total. The van der Waals surface area contributed by atoms with Crippen LogP contribution in [-0.2, 0) is 9.59 Å². The Bertz CT molecular complexity index is 978. The van der Waals surface area contributed by atoms with Crippen molar-refractivity contribution in [1.29, 1.82) is 0 Å². The smallest absolute Gasteiger partial charge is 0.275 e. The Morgan fingerprint density at radius 2 is 1.71 bits per heavy atom. The minimum Gasteiger partial charge on any atom is -0.497 e. The highest BCUT2D eigenvalue weighted by atomic mass is 35.5. The summed E-state index contributed by atoms with van der Waals surface area (Å²) in [6.45, 7) is -0.0371. The van der Waals surface area contributed by atoms with Crippen molar-refractivity contribution in [1.82, 2.24) is 4.90 Å². The molecule has 0 saturated heterocycles. The van der Waals surface area contributed by atoms with E-state index in [9.17, 15) is 9.59 Å². The van der Waals surface area contributed by atoms with E-state index in [1.54, 1.807) is 36.3 Å². The van der Waals surface area contributed by atoms with Gasteiger partial charge >= 0.3 is 0 Å². The van der Waals surface area contributed by atoms with E-state index in [0.717, 1.165) is 49.8 Å². The van der Waals surface area contributed by atoms with Crippen molar-refractivity contribution >= 4 is 34.8 Å². The van der Waals surface area contributed by atoms with Crippen LogP contribution in [0.5, 0.6) is 5.75 Å². The molecule has 1 heterocycles. The molecule has 0 bridgehead atoms. The van der Waals surface area contributed by atoms with Crippen molar-refractivity contribution in [3.8, 4) is 5.75 Å². The molecule has 1 N–H and O–H groups in total. The normalized spacial score (nSPS) is 17.9. The Labute approximate surface area is 187 Å². The predicted molar refractivity (Wildman–Crippen MR) is 122 cm³/mol. The monoisotopic (exact) mass is 439 g/mol. The van der Waals surface area contributed by atoms with E-state index >= 15 is 0 Å². The van der Waals surface area contributed by atoms with Gasteiger partial charge in [0, 0.05) is 16.3 Å². The summed E-state index contributed by atoms with van der Waals surface area (Å²) < 4.78 is 5.23. The van der Waals surface area contributed by atoms with Crippen LogP contribution in [0, 0.1) is 0 Å². The van der Waals surface area contributed by atoms with E-state index in [0.29, 0.717) is 16.4 Å². The summed E-state index contributed by atoms with van der Waals surface area (Å²) in [6.07, 6.45) is 5.76. The van der Waals surface area contributed by atoms with Gasteiger partial charge in [0.05, 0.1) is 7.11 Å². The molecule has 162 valence electrons. The van der Waals surface area contributed by atoms with Gasteiger partial charge in [0.25, 0.3) is 5.91 Å². The highest BCUT2D eigenvalue weighted by molar-refractivity contribution is 6.47. The second kappa shape index (κ2) is 9.10. The molecule has 1 saturated carbocycles. The van der Waals surface area contributed by atoms with Gasteiger partial charge in [-0.3, -0.25) is 14.6 Å². The number of rotatable bonds is 5. The largest absolute Gasteiger partial charge is 0.497 e. The molecule has 0 aromatic heterocycles. The number of nitrogens with one attached hydrogen (secondary N) is 1. The molecule has 1 fully saturated rings. The third kappa shape index (κ3) is 4.59. The number of ether oxygens (including phenoxy) is 1. The molecule has 0 radical (unpaired) electrons. The highest BCUT2D eigenvalue weighted by Gasteiger charge is 2.47. The van der Waals surface area contributed by atoms with Crippen LogP contribution in [-0.4, -0.2) is 41.7 Å². The number of amides is 2. The van der Waals surface area contributed by atoms with E-state index in [4.69, 9.17) is 21.3 Å². The second-order valence-corrected chi connectivity index (χ2v) is 8.47. The third-order valence-corrected chi connectivity index (χ3v) is 6.22. The van der Waals surface area contributed by atoms with Crippen LogP contribution in [0.4, 0.5) is 5.69 Å². The van der Waals surface area contributed by atoms with Crippen molar-refractivity contribution in [2.75, 3.05) is 19.0 Å². The van der Waals surface area contributed by atoms with Crippen LogP contribution in [0.1, 0.15) is 44.1 Å². The number of halogens is 1. The number of nitrogens with zero attached hydrogens (tertiary/aromatic N) is 2. The van der Waals surface area contributed by atoms with Crippen molar-refractivity contribution in [3.05, 3.63) is 59.1 Å². The Morgan fingerprint density at radius 3 is 2.32 bits per heavy atom. The number of aliphatic imine (C=N–C) groups is 1. The van der Waals surface area contributed by atoms with Gasteiger partial charge in [-0.2, -0.15) is 0 Å². The summed E-state index contributed by atoms with van der Waals surface area (Å²) in [5.41, 5.74) is 1.16. The fraction of sp³-hybridized carbons (Fsp3) is 0.375. The topological polar surface area (TPSA) is 71.0 Å². The molecule has 1 aliphatic heterocycles. The predicted octanol–water partition coefficient (Wildman–Crippen LogP) is 4.67. The van der Waals surface area contributed by atoms with Crippen molar-refractivity contribution < 1.29 is 14.3 Å². The van der Waals surface area contributed by atoms with Gasteiger partial charge in [0.15, 0.2) is 0 Å². The number of hydrogen-bond acceptors (Lipinski definition) is 4. The highest BCUT2D eigenvalue weighted by Crippen LogP contribution is 2.38. The first kappa shape index (κ1) is 21.4. The average molecular weight is 440 g/mol. The summed E-state index contributed by atoms with van der Waals surface area (Å²) in [5, 5.41) is 3.46. The zero-order valence-corrected chi connectivity index (χ0v) is 18.3. The van der Waals surface area contributed by atoms with Crippen molar-refractivity contribution in [2.24, 2.45) is 4.99 Å². The lowest BCUT2D eigenvalue weighted by Crippen LogP contribution is -2.50. The molecule has 2 amide bonds. The van der Waals surface area contributed by atoms with E-state index < -0.39 is 5.66 Å². The van der Waals surface area contributed by atoms with Crippen LogP contribution >= 0.6 is 11.6 Å². The molecule has 0 unspecified atom stereocenters. The molecule has 31 heavy (non-hydrogen) atoms.